The van der Waals surface area contributed by atoms with Crippen LogP contribution in [0.3, 0.4) is 0 Å². The third-order valence-corrected chi connectivity index (χ3v) is 7.23. The maximum absolute atomic E-state index is 13.1. The van der Waals surface area contributed by atoms with Crippen LogP contribution in [0.15, 0.2) is 51.8 Å². The number of hydrogen-bond acceptors (Lipinski definition) is 4. The van der Waals surface area contributed by atoms with Crippen LogP contribution in [0.2, 0.25) is 0 Å². The van der Waals surface area contributed by atoms with Crippen molar-refractivity contribution in [1.82, 2.24) is 4.31 Å². The Morgan fingerprint density at radius 2 is 1.69 bits per heavy atom. The molecule has 0 amide bonds. The molecule has 138 valence electrons. The fourth-order valence-electron chi connectivity index (χ4n) is 3.49. The first-order valence-electron chi connectivity index (χ1n) is 8.73. The highest BCUT2D eigenvalue weighted by Crippen LogP contribution is 2.40. The lowest BCUT2D eigenvalue weighted by atomic mass is 10.0. The van der Waals surface area contributed by atoms with Gasteiger partial charge in [0.25, 0.3) is 0 Å². The second kappa shape index (κ2) is 7.21. The first-order chi connectivity index (χ1) is 12.6. The number of ether oxygens (including phenoxy) is 2. The summed E-state index contributed by atoms with van der Waals surface area (Å²) in [6.07, 6.45) is 2.49. The average molecular weight is 438 g/mol. The summed E-state index contributed by atoms with van der Waals surface area (Å²) in [5.74, 6) is 1.43. The molecule has 7 heteroatoms. The molecule has 26 heavy (non-hydrogen) atoms. The van der Waals surface area contributed by atoms with Gasteiger partial charge in [0.05, 0.1) is 24.2 Å². The van der Waals surface area contributed by atoms with Crippen molar-refractivity contribution in [3.05, 3.63) is 52.5 Å². The van der Waals surface area contributed by atoms with Gasteiger partial charge in [0.1, 0.15) is 0 Å². The molecule has 0 spiro atoms. The van der Waals surface area contributed by atoms with E-state index in [4.69, 9.17) is 9.47 Å². The highest BCUT2D eigenvalue weighted by Gasteiger charge is 2.36. The Balaban J connectivity index is 1.66. The summed E-state index contributed by atoms with van der Waals surface area (Å²) in [4.78, 5) is 0.321. The molecule has 5 nitrogen and oxygen atoms in total. The van der Waals surface area contributed by atoms with E-state index in [-0.39, 0.29) is 6.04 Å². The lowest BCUT2D eigenvalue weighted by Crippen LogP contribution is -2.30. The van der Waals surface area contributed by atoms with E-state index in [1.165, 1.54) is 0 Å². The summed E-state index contributed by atoms with van der Waals surface area (Å²) >= 11 is 3.35. The predicted molar refractivity (Wildman–Crippen MR) is 102 cm³/mol. The van der Waals surface area contributed by atoms with Gasteiger partial charge in [-0.1, -0.05) is 22.0 Å². The lowest BCUT2D eigenvalue weighted by Gasteiger charge is -2.25. The van der Waals surface area contributed by atoms with Gasteiger partial charge in [0, 0.05) is 17.4 Å². The van der Waals surface area contributed by atoms with E-state index >= 15 is 0 Å². The van der Waals surface area contributed by atoms with Crippen molar-refractivity contribution in [3.63, 3.8) is 0 Å². The van der Waals surface area contributed by atoms with Crippen LogP contribution < -0.4 is 9.47 Å². The predicted octanol–water partition coefficient (Wildman–Crippen LogP) is 4.14. The van der Waals surface area contributed by atoms with Crippen LogP contribution in [-0.2, 0) is 10.0 Å². The SMILES string of the molecule is O=S(=O)(c1ccc(Br)cc1)N1CCC[C@H]1c1ccc2c(c1)OCCCO2. The monoisotopic (exact) mass is 437 g/mol. The molecule has 0 bridgehead atoms. The zero-order valence-electron chi connectivity index (χ0n) is 14.2. The third kappa shape index (κ3) is 3.35. The number of halogens is 1. The Bertz CT molecular complexity index is 898. The zero-order valence-corrected chi connectivity index (χ0v) is 16.6. The first-order valence-corrected chi connectivity index (χ1v) is 11.0. The first kappa shape index (κ1) is 17.8. The molecule has 2 aliphatic heterocycles. The van der Waals surface area contributed by atoms with E-state index in [0.29, 0.717) is 30.4 Å². The quantitative estimate of drug-likeness (QED) is 0.723. The van der Waals surface area contributed by atoms with Crippen molar-refractivity contribution in [3.8, 4) is 11.5 Å². The second-order valence-corrected chi connectivity index (χ2v) is 9.29. The average Bonchev–Trinajstić information content (AvgIpc) is 3.02. The van der Waals surface area contributed by atoms with E-state index in [2.05, 4.69) is 15.9 Å². The van der Waals surface area contributed by atoms with Gasteiger partial charge < -0.3 is 9.47 Å². The fourth-order valence-corrected chi connectivity index (χ4v) is 5.44. The molecule has 2 aromatic carbocycles. The van der Waals surface area contributed by atoms with Gasteiger partial charge in [-0.15, -0.1) is 0 Å². The van der Waals surface area contributed by atoms with Gasteiger partial charge in [0.2, 0.25) is 10.0 Å². The van der Waals surface area contributed by atoms with Crippen molar-refractivity contribution in [2.24, 2.45) is 0 Å². The minimum atomic E-state index is -3.54. The third-order valence-electron chi connectivity index (χ3n) is 4.78. The van der Waals surface area contributed by atoms with Crippen LogP contribution in [0.25, 0.3) is 0 Å². The molecule has 0 aliphatic carbocycles. The summed E-state index contributed by atoms with van der Waals surface area (Å²) in [6.45, 7) is 1.78. The molecule has 2 heterocycles. The van der Waals surface area contributed by atoms with Crippen LogP contribution in [-0.4, -0.2) is 32.5 Å². The number of nitrogens with zero attached hydrogens (tertiary/aromatic N) is 1. The molecule has 1 saturated heterocycles. The lowest BCUT2D eigenvalue weighted by molar-refractivity contribution is 0.296. The summed E-state index contributed by atoms with van der Waals surface area (Å²) in [5.41, 5.74) is 0.951. The molecule has 0 aromatic heterocycles. The van der Waals surface area contributed by atoms with Crippen LogP contribution in [0, 0.1) is 0 Å². The second-order valence-electron chi connectivity index (χ2n) is 6.48. The van der Waals surface area contributed by atoms with Crippen LogP contribution in [0.1, 0.15) is 30.9 Å². The largest absolute Gasteiger partial charge is 0.490 e. The summed E-state index contributed by atoms with van der Waals surface area (Å²) in [5, 5.41) is 0. The van der Waals surface area contributed by atoms with Gasteiger partial charge in [-0.2, -0.15) is 4.31 Å². The molecule has 0 N–H and O–H groups in total. The molecule has 2 aliphatic rings. The molecule has 1 atom stereocenters. The number of benzene rings is 2. The Morgan fingerprint density at radius 3 is 2.46 bits per heavy atom. The standard InChI is InChI=1S/C19H20BrNO4S/c20-15-5-7-16(8-6-15)26(22,23)21-10-1-3-17(21)14-4-9-18-19(13-14)25-12-2-11-24-18/h4-9,13,17H,1-3,10-12H2/t17-/m0/s1. The van der Waals surface area contributed by atoms with E-state index in [1.54, 1.807) is 28.6 Å². The van der Waals surface area contributed by atoms with E-state index in [1.807, 2.05) is 18.2 Å². The molecule has 4 rings (SSSR count). The Morgan fingerprint density at radius 1 is 0.962 bits per heavy atom. The molecule has 0 saturated carbocycles. The van der Waals surface area contributed by atoms with Crippen LogP contribution >= 0.6 is 15.9 Å². The van der Waals surface area contributed by atoms with Crippen molar-refractivity contribution < 1.29 is 17.9 Å². The van der Waals surface area contributed by atoms with Crippen LogP contribution in [0.4, 0.5) is 0 Å². The maximum atomic E-state index is 13.1. The van der Waals surface area contributed by atoms with Crippen molar-refractivity contribution in [2.75, 3.05) is 19.8 Å². The van der Waals surface area contributed by atoms with Crippen LogP contribution in [0.5, 0.6) is 11.5 Å². The summed E-state index contributed by atoms with van der Waals surface area (Å²) < 4.78 is 40.2. The van der Waals surface area contributed by atoms with Gasteiger partial charge >= 0.3 is 0 Å². The highest BCUT2D eigenvalue weighted by atomic mass is 79.9. The van der Waals surface area contributed by atoms with Crippen molar-refractivity contribution in [2.45, 2.75) is 30.2 Å². The van der Waals surface area contributed by atoms with E-state index in [0.717, 1.165) is 35.0 Å². The number of rotatable bonds is 3. The fraction of sp³-hybridized carbons (Fsp3) is 0.368. The molecule has 1 fully saturated rings. The summed E-state index contributed by atoms with van der Waals surface area (Å²) in [6, 6.07) is 12.4. The van der Waals surface area contributed by atoms with Gasteiger partial charge in [0.15, 0.2) is 11.5 Å². The van der Waals surface area contributed by atoms with Gasteiger partial charge in [-0.25, -0.2) is 8.42 Å². The van der Waals surface area contributed by atoms with E-state index in [9.17, 15) is 8.42 Å². The minimum Gasteiger partial charge on any atom is -0.490 e. The van der Waals surface area contributed by atoms with Crippen molar-refractivity contribution >= 4 is 26.0 Å². The summed E-state index contributed by atoms with van der Waals surface area (Å²) in [7, 11) is -3.54. The molecule has 0 unspecified atom stereocenters. The Hall–Kier alpha value is -1.57. The Kier molecular flexibility index (Phi) is 4.94. The zero-order chi connectivity index (χ0) is 18.1. The molecular formula is C19H20BrNO4S. The topological polar surface area (TPSA) is 55.8 Å². The highest BCUT2D eigenvalue weighted by molar-refractivity contribution is 9.10. The maximum Gasteiger partial charge on any atom is 0.243 e. The number of hydrogen-bond donors (Lipinski definition) is 0. The van der Waals surface area contributed by atoms with E-state index < -0.39 is 10.0 Å². The van der Waals surface area contributed by atoms with Gasteiger partial charge in [-0.3, -0.25) is 0 Å². The molecule has 0 radical (unpaired) electrons. The van der Waals surface area contributed by atoms with Gasteiger partial charge in [-0.05, 0) is 54.8 Å². The minimum absolute atomic E-state index is 0.180. The van der Waals surface area contributed by atoms with Crippen molar-refractivity contribution in [1.29, 1.82) is 0 Å². The number of fused-ring (bicyclic) bond motifs is 1. The molecule has 2 aromatic rings. The smallest absolute Gasteiger partial charge is 0.243 e. The molecular weight excluding hydrogens is 418 g/mol. The Labute approximate surface area is 162 Å². The normalized spacial score (nSPS) is 20.7. The number of sulfonamides is 1.